The van der Waals surface area contributed by atoms with Crippen molar-refractivity contribution in [1.29, 1.82) is 0 Å². The maximum atomic E-state index is 11.1. The normalized spacial score (nSPS) is 17.4. The minimum Gasteiger partial charge on any atom is -0.468 e. The van der Waals surface area contributed by atoms with Gasteiger partial charge in [-0.05, 0) is 45.0 Å². The summed E-state index contributed by atoms with van der Waals surface area (Å²) in [6.07, 6.45) is 6.64. The number of sulfone groups is 1. The van der Waals surface area contributed by atoms with Gasteiger partial charge in [0.15, 0.2) is 5.96 Å². The summed E-state index contributed by atoms with van der Waals surface area (Å²) in [4.78, 5) is 7.19. The summed E-state index contributed by atoms with van der Waals surface area (Å²) in [6, 6.07) is 4.08. The Morgan fingerprint density at radius 3 is 2.71 bits per heavy atom. The Bertz CT molecular complexity index is 670. The molecule has 0 saturated carbocycles. The van der Waals surface area contributed by atoms with Crippen molar-refractivity contribution in [2.45, 2.75) is 32.2 Å². The molecule has 1 aromatic heterocycles. The molecule has 0 spiro atoms. The molecule has 0 aromatic carbocycles. The van der Waals surface area contributed by atoms with Gasteiger partial charge in [0.05, 0.1) is 37.8 Å². The maximum Gasteiger partial charge on any atom is 0.191 e. The Morgan fingerprint density at radius 1 is 1.29 bits per heavy atom. The molecule has 1 aliphatic heterocycles. The molecule has 2 rings (SSSR count). The van der Waals surface area contributed by atoms with Gasteiger partial charge in [0.25, 0.3) is 0 Å². The third-order valence-corrected chi connectivity index (χ3v) is 5.52. The molecule has 1 unspecified atom stereocenters. The number of hydrogen-bond donors (Lipinski definition) is 2. The van der Waals surface area contributed by atoms with Crippen LogP contribution in [-0.2, 0) is 14.6 Å². The van der Waals surface area contributed by atoms with Crippen LogP contribution in [0.1, 0.15) is 38.0 Å². The van der Waals surface area contributed by atoms with Crippen molar-refractivity contribution in [3.05, 3.63) is 24.2 Å². The number of nitrogens with one attached hydrogen (secondary N) is 2. The summed E-state index contributed by atoms with van der Waals surface area (Å²) >= 11 is 0. The number of ether oxygens (including phenoxy) is 1. The molecule has 9 heteroatoms. The lowest BCUT2D eigenvalue weighted by molar-refractivity contribution is 0.149. The van der Waals surface area contributed by atoms with Crippen LogP contribution in [0.4, 0.5) is 0 Å². The van der Waals surface area contributed by atoms with E-state index >= 15 is 0 Å². The van der Waals surface area contributed by atoms with Crippen molar-refractivity contribution in [1.82, 2.24) is 15.5 Å². The number of guanidine groups is 1. The number of rotatable bonds is 11. The third-order valence-electron chi connectivity index (χ3n) is 4.61. The lowest BCUT2D eigenvalue weighted by atomic mass is 10.1. The van der Waals surface area contributed by atoms with E-state index in [2.05, 4.69) is 15.5 Å². The number of piperidine rings is 1. The minimum atomic E-state index is -2.98. The highest BCUT2D eigenvalue weighted by molar-refractivity contribution is 7.90. The van der Waals surface area contributed by atoms with Crippen LogP contribution in [0, 0.1) is 0 Å². The van der Waals surface area contributed by atoms with E-state index in [1.165, 1.54) is 25.5 Å². The highest BCUT2D eigenvalue weighted by Crippen LogP contribution is 2.25. The standard InChI is InChI=1S/C19H34N4O4S/c1-3-20-19(21-9-13-26-14-15-28(2,24)25)22-16-17(18-8-7-12-27-18)23-10-5-4-6-11-23/h7-8,12,17H,3-6,9-11,13-16H2,1-2H3,(H2,20,21,22). The molecule has 28 heavy (non-hydrogen) atoms. The molecule has 1 fully saturated rings. The number of furan rings is 1. The largest absolute Gasteiger partial charge is 0.468 e. The smallest absolute Gasteiger partial charge is 0.191 e. The molecule has 1 aromatic rings. The summed E-state index contributed by atoms with van der Waals surface area (Å²) < 4.78 is 33.2. The SMILES string of the molecule is CCNC(=NCC(c1ccco1)N1CCCCC1)NCCOCCS(C)(=O)=O. The molecular formula is C19H34N4O4S. The number of likely N-dealkylation sites (tertiary alicyclic amines) is 1. The third kappa shape index (κ3) is 8.62. The second-order valence-corrected chi connectivity index (χ2v) is 9.28. The summed E-state index contributed by atoms with van der Waals surface area (Å²) in [5, 5.41) is 6.48. The fourth-order valence-electron chi connectivity index (χ4n) is 3.17. The van der Waals surface area contributed by atoms with Crippen LogP contribution >= 0.6 is 0 Å². The molecule has 1 atom stereocenters. The second kappa shape index (κ2) is 12.1. The highest BCUT2D eigenvalue weighted by atomic mass is 32.2. The quantitative estimate of drug-likeness (QED) is 0.321. The van der Waals surface area contributed by atoms with Crippen LogP contribution in [0.2, 0.25) is 0 Å². The van der Waals surface area contributed by atoms with Gasteiger partial charge < -0.3 is 19.8 Å². The Hall–Kier alpha value is -1.58. The van der Waals surface area contributed by atoms with Gasteiger partial charge in [0, 0.05) is 19.3 Å². The van der Waals surface area contributed by atoms with Gasteiger partial charge in [-0.2, -0.15) is 0 Å². The van der Waals surface area contributed by atoms with Crippen LogP contribution in [0.15, 0.2) is 27.8 Å². The zero-order chi connectivity index (χ0) is 20.2. The lowest BCUT2D eigenvalue weighted by Gasteiger charge is -2.32. The first kappa shape index (κ1) is 22.7. The van der Waals surface area contributed by atoms with E-state index in [1.807, 2.05) is 19.1 Å². The molecule has 2 heterocycles. The van der Waals surface area contributed by atoms with Gasteiger partial charge in [-0.15, -0.1) is 0 Å². The zero-order valence-electron chi connectivity index (χ0n) is 17.0. The van der Waals surface area contributed by atoms with Crippen molar-refractivity contribution in [2.24, 2.45) is 4.99 Å². The molecule has 0 amide bonds. The fourth-order valence-corrected chi connectivity index (χ4v) is 3.59. The summed E-state index contributed by atoms with van der Waals surface area (Å²) in [7, 11) is -2.98. The fraction of sp³-hybridized carbons (Fsp3) is 0.737. The predicted molar refractivity (Wildman–Crippen MR) is 111 cm³/mol. The summed E-state index contributed by atoms with van der Waals surface area (Å²) in [6.45, 7) is 6.72. The van der Waals surface area contributed by atoms with E-state index in [9.17, 15) is 8.42 Å². The van der Waals surface area contributed by atoms with Gasteiger partial charge >= 0.3 is 0 Å². The molecule has 2 N–H and O–H groups in total. The molecule has 0 radical (unpaired) electrons. The van der Waals surface area contributed by atoms with Gasteiger partial charge in [-0.1, -0.05) is 6.42 Å². The Kier molecular flexibility index (Phi) is 9.80. The van der Waals surface area contributed by atoms with E-state index in [4.69, 9.17) is 14.1 Å². The van der Waals surface area contributed by atoms with Crippen LogP contribution in [0.3, 0.4) is 0 Å². The minimum absolute atomic E-state index is 0.0435. The monoisotopic (exact) mass is 414 g/mol. The average molecular weight is 415 g/mol. The molecule has 8 nitrogen and oxygen atoms in total. The van der Waals surface area contributed by atoms with Crippen LogP contribution in [-0.4, -0.2) is 77.2 Å². The van der Waals surface area contributed by atoms with Gasteiger partial charge in [0.2, 0.25) is 0 Å². The Morgan fingerprint density at radius 2 is 2.07 bits per heavy atom. The lowest BCUT2D eigenvalue weighted by Crippen LogP contribution is -2.40. The average Bonchev–Trinajstić information content (AvgIpc) is 3.19. The van der Waals surface area contributed by atoms with Crippen molar-refractivity contribution in [3.63, 3.8) is 0 Å². The Labute approximate surface area is 168 Å². The van der Waals surface area contributed by atoms with E-state index in [0.717, 1.165) is 31.4 Å². The number of hydrogen-bond acceptors (Lipinski definition) is 6. The van der Waals surface area contributed by atoms with Crippen LogP contribution in [0.5, 0.6) is 0 Å². The molecule has 0 bridgehead atoms. The molecule has 1 saturated heterocycles. The van der Waals surface area contributed by atoms with Crippen molar-refractivity contribution >= 4 is 15.8 Å². The van der Waals surface area contributed by atoms with Crippen molar-refractivity contribution in [3.8, 4) is 0 Å². The Balaban J connectivity index is 1.85. The second-order valence-electron chi connectivity index (χ2n) is 7.02. The van der Waals surface area contributed by atoms with E-state index < -0.39 is 9.84 Å². The maximum absolute atomic E-state index is 11.1. The molecule has 0 aliphatic carbocycles. The highest BCUT2D eigenvalue weighted by Gasteiger charge is 2.24. The molecule has 1 aliphatic rings. The molecular weight excluding hydrogens is 380 g/mol. The zero-order valence-corrected chi connectivity index (χ0v) is 17.8. The first-order valence-electron chi connectivity index (χ1n) is 10.0. The number of aliphatic imine (C=N–C) groups is 1. The summed E-state index contributed by atoms with van der Waals surface area (Å²) in [5.74, 6) is 1.72. The predicted octanol–water partition coefficient (Wildman–Crippen LogP) is 1.42. The van der Waals surface area contributed by atoms with Crippen LogP contribution in [0.25, 0.3) is 0 Å². The van der Waals surface area contributed by atoms with Crippen molar-refractivity contribution in [2.75, 3.05) is 57.9 Å². The first-order valence-corrected chi connectivity index (χ1v) is 12.1. The van der Waals surface area contributed by atoms with Gasteiger partial charge in [-0.3, -0.25) is 9.89 Å². The molecule has 160 valence electrons. The van der Waals surface area contributed by atoms with Crippen molar-refractivity contribution < 1.29 is 17.6 Å². The van der Waals surface area contributed by atoms with Gasteiger partial charge in [0.1, 0.15) is 15.6 Å². The van der Waals surface area contributed by atoms with E-state index in [0.29, 0.717) is 19.7 Å². The van der Waals surface area contributed by atoms with E-state index in [1.54, 1.807) is 6.26 Å². The topological polar surface area (TPSA) is 96.2 Å². The van der Waals surface area contributed by atoms with E-state index in [-0.39, 0.29) is 18.4 Å². The summed E-state index contributed by atoms with van der Waals surface area (Å²) in [5.41, 5.74) is 0. The van der Waals surface area contributed by atoms with Gasteiger partial charge in [-0.25, -0.2) is 8.42 Å². The first-order chi connectivity index (χ1) is 13.5. The number of nitrogens with zero attached hydrogens (tertiary/aromatic N) is 2. The van der Waals surface area contributed by atoms with Crippen LogP contribution < -0.4 is 10.6 Å².